The number of ether oxygens (including phenoxy) is 2. The highest BCUT2D eigenvalue weighted by Gasteiger charge is 2.12. The zero-order chi connectivity index (χ0) is 16.1. The minimum absolute atomic E-state index is 0.271. The number of amides is 1. The van der Waals surface area contributed by atoms with E-state index < -0.39 is 24.4 Å². The van der Waals surface area contributed by atoms with Crippen LogP contribution >= 0.6 is 0 Å². The first-order chi connectivity index (χ1) is 9.28. The average Bonchev–Trinajstić information content (AvgIpc) is 2.38. The van der Waals surface area contributed by atoms with E-state index in [1.54, 1.807) is 6.92 Å². The third-order valence-corrected chi connectivity index (χ3v) is 1.65. The molecule has 1 atom stereocenters. The normalized spacial score (nSPS) is 10.9. The summed E-state index contributed by atoms with van der Waals surface area (Å²) in [6, 6.07) is 0. The largest absolute Gasteiger partial charge is 0.450 e. The van der Waals surface area contributed by atoms with Crippen LogP contribution in [0.5, 0.6) is 0 Å². The van der Waals surface area contributed by atoms with Gasteiger partial charge in [0.15, 0.2) is 6.23 Å². The van der Waals surface area contributed by atoms with Gasteiger partial charge in [0.25, 0.3) is 0 Å². The topological polar surface area (TPSA) is 125 Å². The maximum atomic E-state index is 11.0. The maximum absolute atomic E-state index is 11.0. The first-order valence-electron chi connectivity index (χ1n) is 5.97. The Morgan fingerprint density at radius 1 is 1.30 bits per heavy atom. The maximum Gasteiger partial charge on any atom is 0.409 e. The van der Waals surface area contributed by atoms with Gasteiger partial charge in [0.05, 0.1) is 19.8 Å². The smallest absolute Gasteiger partial charge is 0.409 e. The molecule has 0 aliphatic carbocycles. The summed E-state index contributed by atoms with van der Waals surface area (Å²) in [5.41, 5.74) is 0.280. The fourth-order valence-electron chi connectivity index (χ4n) is 0.687. The summed E-state index contributed by atoms with van der Waals surface area (Å²) < 4.78 is 9.37. The molecule has 0 bridgehead atoms. The minimum Gasteiger partial charge on any atom is -0.450 e. The molecule has 0 aromatic carbocycles. The lowest BCUT2D eigenvalue weighted by Gasteiger charge is -2.14. The molecule has 0 aliphatic heterocycles. The van der Waals surface area contributed by atoms with E-state index in [2.05, 4.69) is 16.6 Å². The second-order valence-corrected chi connectivity index (χ2v) is 3.71. The Morgan fingerprint density at radius 3 is 2.10 bits per heavy atom. The summed E-state index contributed by atoms with van der Waals surface area (Å²) in [6.07, 6.45) is -2.29. The molecule has 0 radical (unpaired) electrons. The van der Waals surface area contributed by atoms with E-state index in [1.165, 1.54) is 13.8 Å². The molecule has 8 nitrogen and oxygen atoms in total. The Bertz CT molecular complexity index is 302. The molecule has 1 unspecified atom stereocenters. The van der Waals surface area contributed by atoms with Gasteiger partial charge in [-0.15, -0.1) is 0 Å². The van der Waals surface area contributed by atoms with Crippen LogP contribution in [0.25, 0.3) is 0 Å². The highest BCUT2D eigenvalue weighted by molar-refractivity contribution is 5.87. The van der Waals surface area contributed by atoms with E-state index in [9.17, 15) is 9.59 Å². The van der Waals surface area contributed by atoms with E-state index in [0.29, 0.717) is 0 Å². The van der Waals surface area contributed by atoms with Crippen molar-refractivity contribution in [1.29, 1.82) is 0 Å². The Kier molecular flexibility index (Phi) is 12.8. The van der Waals surface area contributed by atoms with Gasteiger partial charge in [-0.25, -0.2) is 9.59 Å². The summed E-state index contributed by atoms with van der Waals surface area (Å²) in [7, 11) is 0. The van der Waals surface area contributed by atoms with Crippen molar-refractivity contribution in [1.82, 2.24) is 5.32 Å². The quantitative estimate of drug-likeness (QED) is 0.296. The van der Waals surface area contributed by atoms with Gasteiger partial charge in [-0.05, 0) is 20.8 Å². The number of carbonyl (C=O) groups is 2. The number of alkyl carbamates (subject to hydrolysis) is 1. The Labute approximate surface area is 118 Å². The third-order valence-electron chi connectivity index (χ3n) is 1.65. The van der Waals surface area contributed by atoms with Gasteiger partial charge >= 0.3 is 12.1 Å². The molecule has 0 saturated carbocycles. The van der Waals surface area contributed by atoms with Crippen LogP contribution in [0, 0.1) is 0 Å². The highest BCUT2D eigenvalue weighted by Crippen LogP contribution is 1.96. The summed E-state index contributed by atoms with van der Waals surface area (Å²) in [5.74, 6) is -0.547. The van der Waals surface area contributed by atoms with Gasteiger partial charge in [0, 0.05) is 5.57 Å². The molecule has 0 aromatic rings. The summed E-state index contributed by atoms with van der Waals surface area (Å²) >= 11 is 0. The molecule has 0 aliphatic rings. The first kappa shape index (κ1) is 20.7. The van der Waals surface area contributed by atoms with Gasteiger partial charge < -0.3 is 24.8 Å². The number of aliphatic hydroxyl groups is 3. The second-order valence-electron chi connectivity index (χ2n) is 3.71. The van der Waals surface area contributed by atoms with Crippen LogP contribution in [0.15, 0.2) is 12.2 Å². The van der Waals surface area contributed by atoms with Gasteiger partial charge in [-0.2, -0.15) is 0 Å². The number of rotatable bonds is 6. The van der Waals surface area contributed by atoms with Crippen LogP contribution in [0.4, 0.5) is 4.79 Å². The van der Waals surface area contributed by atoms with Crippen LogP contribution in [0.2, 0.25) is 0 Å². The van der Waals surface area contributed by atoms with E-state index in [0.717, 1.165) is 0 Å². The van der Waals surface area contributed by atoms with E-state index in [4.69, 9.17) is 20.1 Å². The monoisotopic (exact) mass is 293 g/mol. The third kappa shape index (κ3) is 12.8. The number of esters is 1. The highest BCUT2D eigenvalue weighted by atomic mass is 16.6. The predicted octanol–water partition coefficient (Wildman–Crippen LogP) is -0.470. The molecular weight excluding hydrogens is 270 g/mol. The molecule has 4 N–H and O–H groups in total. The van der Waals surface area contributed by atoms with E-state index in [-0.39, 0.29) is 25.4 Å². The minimum atomic E-state index is -0.954. The molecule has 1 amide bonds. The summed E-state index contributed by atoms with van der Waals surface area (Å²) in [5, 5.41) is 26.3. The van der Waals surface area contributed by atoms with Gasteiger partial charge in [0.1, 0.15) is 6.10 Å². The van der Waals surface area contributed by atoms with Crippen LogP contribution < -0.4 is 5.32 Å². The molecule has 0 heterocycles. The fourth-order valence-corrected chi connectivity index (χ4v) is 0.687. The number of hydrogen-bond donors (Lipinski definition) is 4. The second kappa shape index (κ2) is 12.4. The van der Waals surface area contributed by atoms with Crippen LogP contribution in [0.3, 0.4) is 0 Å². The van der Waals surface area contributed by atoms with Gasteiger partial charge in [-0.1, -0.05) is 6.58 Å². The molecule has 8 heteroatoms. The first-order valence-corrected chi connectivity index (χ1v) is 5.97. The summed E-state index contributed by atoms with van der Waals surface area (Å²) in [6.45, 7) is 7.68. The molecule has 0 spiro atoms. The Balaban J connectivity index is 0. The number of carbonyl (C=O) groups excluding carboxylic acids is 2. The van der Waals surface area contributed by atoms with E-state index >= 15 is 0 Å². The Morgan fingerprint density at radius 2 is 1.80 bits per heavy atom. The fraction of sp³-hybridized carbons (Fsp3) is 0.667. The summed E-state index contributed by atoms with van der Waals surface area (Å²) in [4.78, 5) is 21.8. The Hall–Kier alpha value is -1.64. The standard InChI is InChI=1S/C9H15NO4.C3H8O3/c1-5-13-9(12)10-7(4)14-8(11)6(2)3;4-1-3(6)2-5/h7H,2,5H2,1,3-4H3,(H,10,12);3-6H,1-2H2. The van der Waals surface area contributed by atoms with Crippen molar-refractivity contribution in [2.24, 2.45) is 0 Å². The zero-order valence-corrected chi connectivity index (χ0v) is 12.0. The lowest BCUT2D eigenvalue weighted by atomic mass is 10.4. The van der Waals surface area contributed by atoms with Crippen molar-refractivity contribution in [3.8, 4) is 0 Å². The lowest BCUT2D eigenvalue weighted by Crippen LogP contribution is -2.36. The number of hydrogen-bond acceptors (Lipinski definition) is 7. The molecule has 0 saturated heterocycles. The molecule has 0 aromatic heterocycles. The van der Waals surface area contributed by atoms with Crippen molar-refractivity contribution in [3.05, 3.63) is 12.2 Å². The van der Waals surface area contributed by atoms with Gasteiger partial charge in [-0.3, -0.25) is 5.32 Å². The van der Waals surface area contributed by atoms with Crippen LogP contribution in [0.1, 0.15) is 20.8 Å². The lowest BCUT2D eigenvalue weighted by molar-refractivity contribution is -0.144. The average molecular weight is 293 g/mol. The molecule has 20 heavy (non-hydrogen) atoms. The van der Waals surface area contributed by atoms with Gasteiger partial charge in [0.2, 0.25) is 0 Å². The van der Waals surface area contributed by atoms with Crippen molar-refractivity contribution < 1.29 is 34.4 Å². The predicted molar refractivity (Wildman–Crippen MR) is 70.7 cm³/mol. The van der Waals surface area contributed by atoms with Crippen molar-refractivity contribution >= 4 is 12.1 Å². The van der Waals surface area contributed by atoms with Crippen molar-refractivity contribution in [3.63, 3.8) is 0 Å². The molecular formula is C12H23NO7. The molecule has 0 fully saturated rings. The SMILES string of the molecule is C=C(C)C(=O)OC(C)NC(=O)OCC.OCC(O)CO. The molecule has 118 valence electrons. The van der Waals surface area contributed by atoms with Crippen molar-refractivity contribution in [2.45, 2.75) is 33.1 Å². The van der Waals surface area contributed by atoms with E-state index in [1.807, 2.05) is 0 Å². The van der Waals surface area contributed by atoms with Crippen molar-refractivity contribution in [2.75, 3.05) is 19.8 Å². The number of aliphatic hydroxyl groups excluding tert-OH is 3. The van der Waals surface area contributed by atoms with Crippen LogP contribution in [-0.2, 0) is 14.3 Å². The number of nitrogens with one attached hydrogen (secondary N) is 1. The van der Waals surface area contributed by atoms with Crippen LogP contribution in [-0.4, -0.2) is 59.5 Å². The zero-order valence-electron chi connectivity index (χ0n) is 12.0. The molecule has 0 rings (SSSR count).